The van der Waals surface area contributed by atoms with E-state index in [1.807, 2.05) is 0 Å². The minimum atomic E-state index is 0. The van der Waals surface area contributed by atoms with Gasteiger partial charge in [0.15, 0.2) is 0 Å². The summed E-state index contributed by atoms with van der Waals surface area (Å²) in [7, 11) is 4.14. The number of anilines is 1. The van der Waals surface area contributed by atoms with Crippen molar-refractivity contribution in [2.24, 2.45) is 0 Å². The maximum Gasteiger partial charge on any atom is 0.0361 e. The quantitative estimate of drug-likeness (QED) is 0.305. The summed E-state index contributed by atoms with van der Waals surface area (Å²) < 4.78 is 0. The molecule has 0 radical (unpaired) electrons. The number of nitrogens with one attached hydrogen (secondary N) is 1. The fraction of sp³-hybridized carbons (Fsp3) is 0.154. The average molecular weight is 437 g/mol. The van der Waals surface area contributed by atoms with Crippen molar-refractivity contribution < 1.29 is 0 Å². The molecule has 0 aliphatic heterocycles. The first kappa shape index (κ1) is 22.2. The van der Waals surface area contributed by atoms with Crippen molar-refractivity contribution in [2.75, 3.05) is 19.0 Å². The van der Waals surface area contributed by atoms with Crippen molar-refractivity contribution in [2.45, 2.75) is 13.1 Å². The van der Waals surface area contributed by atoms with Crippen molar-refractivity contribution in [3.8, 4) is 0 Å². The van der Waals surface area contributed by atoms with E-state index in [0.717, 1.165) is 13.1 Å². The van der Waals surface area contributed by atoms with Crippen LogP contribution in [0.3, 0.4) is 0 Å². The van der Waals surface area contributed by atoms with Gasteiger partial charge in [-0.15, -0.1) is 24.8 Å². The Morgan fingerprint density at radius 3 is 1.90 bits per heavy atom. The lowest BCUT2D eigenvalue weighted by molar-refractivity contribution is 0.697. The fourth-order valence-corrected chi connectivity index (χ4v) is 4.20. The Balaban J connectivity index is 0.00000128. The SMILES string of the molecule is CN(C)c1ccc(CNCc2ccc3ccc4cccc5ccc2c3c45)cc1.Cl.Cl. The lowest BCUT2D eigenvalue weighted by atomic mass is 9.92. The predicted molar refractivity (Wildman–Crippen MR) is 136 cm³/mol. The molecule has 0 unspecified atom stereocenters. The highest BCUT2D eigenvalue weighted by molar-refractivity contribution is 6.23. The van der Waals surface area contributed by atoms with Crippen molar-refractivity contribution >= 4 is 62.8 Å². The number of hydrogen-bond donors (Lipinski definition) is 1. The van der Waals surface area contributed by atoms with Gasteiger partial charge in [-0.2, -0.15) is 0 Å². The minimum Gasteiger partial charge on any atom is -0.378 e. The van der Waals surface area contributed by atoms with Gasteiger partial charge in [-0.05, 0) is 55.6 Å². The highest BCUT2D eigenvalue weighted by Gasteiger charge is 2.10. The summed E-state index contributed by atoms with van der Waals surface area (Å²) in [5.41, 5.74) is 3.90. The van der Waals surface area contributed by atoms with Crippen LogP contribution in [-0.2, 0) is 13.1 Å². The third-order valence-electron chi connectivity index (χ3n) is 5.72. The van der Waals surface area contributed by atoms with Crippen molar-refractivity contribution in [3.63, 3.8) is 0 Å². The molecule has 0 saturated carbocycles. The molecular weight excluding hydrogens is 411 g/mol. The summed E-state index contributed by atoms with van der Waals surface area (Å²) in [5, 5.41) is 11.7. The van der Waals surface area contributed by atoms with E-state index in [1.165, 1.54) is 49.1 Å². The van der Waals surface area contributed by atoms with E-state index in [-0.39, 0.29) is 24.8 Å². The van der Waals surface area contributed by atoms with Crippen molar-refractivity contribution in [1.29, 1.82) is 0 Å². The summed E-state index contributed by atoms with van der Waals surface area (Å²) in [5.74, 6) is 0. The standard InChI is InChI=1S/C26H24N2.2ClH/c1-28(2)23-13-6-18(7-14-23)16-27-17-22-11-10-21-9-8-19-4-3-5-20-12-15-24(22)26(21)25(19)20;;/h3-15,27H,16-17H2,1-2H3;2*1H. The van der Waals surface area contributed by atoms with Gasteiger partial charge < -0.3 is 10.2 Å². The number of benzene rings is 5. The molecule has 4 heteroatoms. The van der Waals surface area contributed by atoms with Gasteiger partial charge in [-0.3, -0.25) is 0 Å². The second-order valence-corrected chi connectivity index (χ2v) is 7.75. The van der Waals surface area contributed by atoms with Crippen LogP contribution in [0.5, 0.6) is 0 Å². The lowest BCUT2D eigenvalue weighted by Crippen LogP contribution is -2.13. The minimum absolute atomic E-state index is 0. The number of halogens is 2. The van der Waals surface area contributed by atoms with E-state index < -0.39 is 0 Å². The van der Waals surface area contributed by atoms with Gasteiger partial charge in [0.05, 0.1) is 0 Å². The average Bonchev–Trinajstić information content (AvgIpc) is 2.73. The van der Waals surface area contributed by atoms with Gasteiger partial charge in [0, 0.05) is 32.9 Å². The first-order valence-electron chi connectivity index (χ1n) is 9.83. The van der Waals surface area contributed by atoms with Crippen LogP contribution in [0.2, 0.25) is 0 Å². The maximum atomic E-state index is 3.63. The molecule has 2 nitrogen and oxygen atoms in total. The zero-order chi connectivity index (χ0) is 19.1. The van der Waals surface area contributed by atoms with Crippen LogP contribution in [-0.4, -0.2) is 14.1 Å². The molecule has 0 saturated heterocycles. The van der Waals surface area contributed by atoms with Crippen LogP contribution in [0.15, 0.2) is 78.9 Å². The van der Waals surface area contributed by atoms with Crippen LogP contribution in [0.4, 0.5) is 5.69 Å². The molecule has 30 heavy (non-hydrogen) atoms. The number of nitrogens with zero attached hydrogens (tertiary/aromatic N) is 1. The second kappa shape index (κ2) is 9.09. The highest BCUT2D eigenvalue weighted by atomic mass is 35.5. The van der Waals surface area contributed by atoms with Crippen LogP contribution in [0, 0.1) is 0 Å². The first-order valence-corrected chi connectivity index (χ1v) is 9.83. The molecule has 0 aromatic heterocycles. The van der Waals surface area contributed by atoms with Crippen LogP contribution in [0.1, 0.15) is 11.1 Å². The first-order chi connectivity index (χ1) is 13.7. The lowest BCUT2D eigenvalue weighted by Gasteiger charge is -2.15. The molecule has 0 spiro atoms. The van der Waals surface area contributed by atoms with Crippen LogP contribution < -0.4 is 10.2 Å². The Kier molecular flexibility index (Phi) is 6.72. The Bertz CT molecular complexity index is 1250. The fourth-order valence-electron chi connectivity index (χ4n) is 4.20. The van der Waals surface area contributed by atoms with Gasteiger partial charge in [-0.25, -0.2) is 0 Å². The summed E-state index contributed by atoms with van der Waals surface area (Å²) >= 11 is 0. The number of hydrogen-bond acceptors (Lipinski definition) is 2. The molecule has 5 rings (SSSR count). The molecule has 0 aliphatic rings. The van der Waals surface area contributed by atoms with Crippen molar-refractivity contribution in [1.82, 2.24) is 5.32 Å². The Morgan fingerprint density at radius 1 is 0.633 bits per heavy atom. The summed E-state index contributed by atoms with van der Waals surface area (Å²) in [4.78, 5) is 2.13. The molecule has 0 bridgehead atoms. The van der Waals surface area contributed by atoms with Gasteiger partial charge in [0.25, 0.3) is 0 Å². The Labute approximate surface area is 190 Å². The monoisotopic (exact) mass is 436 g/mol. The molecular formula is C26H26Cl2N2. The normalized spacial score (nSPS) is 10.9. The predicted octanol–water partition coefficient (Wildman–Crippen LogP) is 6.78. The molecule has 154 valence electrons. The van der Waals surface area contributed by atoms with E-state index >= 15 is 0 Å². The zero-order valence-electron chi connectivity index (χ0n) is 17.2. The Morgan fingerprint density at radius 2 is 1.23 bits per heavy atom. The smallest absolute Gasteiger partial charge is 0.0361 e. The largest absolute Gasteiger partial charge is 0.378 e. The molecule has 0 aliphatic carbocycles. The maximum absolute atomic E-state index is 3.63. The third-order valence-corrected chi connectivity index (χ3v) is 5.72. The Hall–Kier alpha value is -2.52. The topological polar surface area (TPSA) is 15.3 Å². The van der Waals surface area contributed by atoms with Crippen LogP contribution >= 0.6 is 24.8 Å². The highest BCUT2D eigenvalue weighted by Crippen LogP contribution is 2.35. The van der Waals surface area contributed by atoms with Gasteiger partial charge in [-0.1, -0.05) is 66.7 Å². The molecule has 0 fully saturated rings. The van der Waals surface area contributed by atoms with E-state index in [1.54, 1.807) is 0 Å². The summed E-state index contributed by atoms with van der Waals surface area (Å²) in [6, 6.07) is 28.9. The van der Waals surface area contributed by atoms with Gasteiger partial charge in [0.1, 0.15) is 0 Å². The molecule has 0 heterocycles. The molecule has 5 aromatic carbocycles. The molecule has 1 N–H and O–H groups in total. The van der Waals surface area contributed by atoms with E-state index in [2.05, 4.69) is 103 Å². The third kappa shape index (κ3) is 3.91. The van der Waals surface area contributed by atoms with E-state index in [4.69, 9.17) is 0 Å². The van der Waals surface area contributed by atoms with Gasteiger partial charge in [0.2, 0.25) is 0 Å². The molecule has 5 aromatic rings. The number of rotatable bonds is 5. The van der Waals surface area contributed by atoms with E-state index in [0.29, 0.717) is 0 Å². The van der Waals surface area contributed by atoms with Crippen LogP contribution in [0.25, 0.3) is 32.3 Å². The second-order valence-electron chi connectivity index (χ2n) is 7.75. The summed E-state index contributed by atoms with van der Waals surface area (Å²) in [6.45, 7) is 1.74. The summed E-state index contributed by atoms with van der Waals surface area (Å²) in [6.07, 6.45) is 0. The van der Waals surface area contributed by atoms with Gasteiger partial charge >= 0.3 is 0 Å². The van der Waals surface area contributed by atoms with E-state index in [9.17, 15) is 0 Å². The van der Waals surface area contributed by atoms with Crippen molar-refractivity contribution in [3.05, 3.63) is 90.0 Å². The zero-order valence-corrected chi connectivity index (χ0v) is 18.8. The molecule has 0 atom stereocenters. The molecule has 0 amide bonds.